The fraction of sp³-hybridized carbons (Fsp3) is 0.933. The molecule has 3 rings (SSSR count). The predicted octanol–water partition coefficient (Wildman–Crippen LogP) is 2.36. The Morgan fingerprint density at radius 3 is 2.55 bits per heavy atom. The first-order valence-corrected chi connectivity index (χ1v) is 7.73. The molecule has 1 saturated carbocycles. The lowest BCUT2D eigenvalue weighted by molar-refractivity contribution is -0.171. The summed E-state index contributed by atoms with van der Waals surface area (Å²) in [5.74, 6) is -2.04. The molecule has 0 N–H and O–H groups in total. The van der Waals surface area contributed by atoms with Crippen LogP contribution in [0, 0.1) is 11.3 Å². The first-order valence-electron chi connectivity index (χ1n) is 7.73. The lowest BCUT2D eigenvalue weighted by Gasteiger charge is -2.55. The molecule has 0 radical (unpaired) electrons. The molecule has 1 amide bonds. The van der Waals surface area contributed by atoms with Gasteiger partial charge in [-0.3, -0.25) is 4.79 Å². The number of piperidine rings is 1. The van der Waals surface area contributed by atoms with Gasteiger partial charge in [0.2, 0.25) is 11.8 Å². The maximum absolute atomic E-state index is 12.9. The number of nitrogens with zero attached hydrogens (tertiary/aromatic N) is 2. The van der Waals surface area contributed by atoms with E-state index in [1.165, 1.54) is 0 Å². The number of hydrogen-bond acceptors (Lipinski definition) is 2. The van der Waals surface area contributed by atoms with Crippen molar-refractivity contribution in [3.05, 3.63) is 0 Å². The summed E-state index contributed by atoms with van der Waals surface area (Å²) in [7, 11) is 0. The summed E-state index contributed by atoms with van der Waals surface area (Å²) < 4.78 is 25.8. The van der Waals surface area contributed by atoms with Crippen LogP contribution in [0.2, 0.25) is 0 Å². The molecule has 1 unspecified atom stereocenters. The number of rotatable bonds is 3. The third kappa shape index (κ3) is 2.34. The van der Waals surface area contributed by atoms with Crippen LogP contribution in [0.4, 0.5) is 8.78 Å². The Morgan fingerprint density at radius 2 is 2.00 bits per heavy atom. The van der Waals surface area contributed by atoms with Gasteiger partial charge in [0.05, 0.1) is 5.41 Å². The molecule has 114 valence electrons. The lowest BCUT2D eigenvalue weighted by atomic mass is 9.71. The van der Waals surface area contributed by atoms with Crippen LogP contribution in [0.15, 0.2) is 0 Å². The highest BCUT2D eigenvalue weighted by Crippen LogP contribution is 2.45. The van der Waals surface area contributed by atoms with Gasteiger partial charge in [-0.2, -0.15) is 0 Å². The van der Waals surface area contributed by atoms with Crippen molar-refractivity contribution in [3.63, 3.8) is 0 Å². The third-order valence-corrected chi connectivity index (χ3v) is 5.16. The molecule has 0 aromatic carbocycles. The summed E-state index contributed by atoms with van der Waals surface area (Å²) >= 11 is 0. The standard InChI is InChI=1S/C15H24F2N2O/c1-11(2)19-10-14(13(19)20)4-3-5-18(9-14)8-12-6-15(16,17)7-12/h11-12H,3-10H2,1-2H3. The van der Waals surface area contributed by atoms with E-state index in [4.69, 9.17) is 0 Å². The fourth-order valence-corrected chi connectivity index (χ4v) is 4.06. The highest BCUT2D eigenvalue weighted by atomic mass is 19.3. The normalized spacial score (nSPS) is 34.5. The number of alkyl halides is 2. The number of carbonyl (C=O) groups is 1. The SMILES string of the molecule is CC(C)N1CC2(CCCN(CC3CC(F)(F)C3)C2)C1=O. The molecule has 20 heavy (non-hydrogen) atoms. The summed E-state index contributed by atoms with van der Waals surface area (Å²) in [5, 5.41) is 0. The van der Waals surface area contributed by atoms with Gasteiger partial charge in [0.25, 0.3) is 0 Å². The topological polar surface area (TPSA) is 23.6 Å². The molecule has 1 atom stereocenters. The van der Waals surface area contributed by atoms with E-state index in [9.17, 15) is 13.6 Å². The summed E-state index contributed by atoms with van der Waals surface area (Å²) in [5.41, 5.74) is -0.200. The van der Waals surface area contributed by atoms with Crippen molar-refractivity contribution in [3.8, 4) is 0 Å². The van der Waals surface area contributed by atoms with Crippen LogP contribution in [0.25, 0.3) is 0 Å². The predicted molar refractivity (Wildman–Crippen MR) is 72.6 cm³/mol. The van der Waals surface area contributed by atoms with Crippen molar-refractivity contribution < 1.29 is 13.6 Å². The average Bonchev–Trinajstić information content (AvgIpc) is 2.33. The summed E-state index contributed by atoms with van der Waals surface area (Å²) in [6.45, 7) is 7.41. The van der Waals surface area contributed by atoms with Crippen LogP contribution in [0.1, 0.15) is 39.5 Å². The van der Waals surface area contributed by atoms with Crippen molar-refractivity contribution in [1.29, 1.82) is 0 Å². The molecule has 3 nitrogen and oxygen atoms in total. The Bertz CT molecular complexity index is 405. The second kappa shape index (κ2) is 4.65. The highest BCUT2D eigenvalue weighted by Gasteiger charge is 2.55. The Kier molecular flexibility index (Phi) is 3.31. The molecule has 1 aliphatic carbocycles. The van der Waals surface area contributed by atoms with Crippen molar-refractivity contribution in [2.45, 2.75) is 51.5 Å². The van der Waals surface area contributed by atoms with Gasteiger partial charge < -0.3 is 9.80 Å². The molecule has 1 spiro atoms. The van der Waals surface area contributed by atoms with Crippen LogP contribution in [0.3, 0.4) is 0 Å². The molecule has 0 bridgehead atoms. The van der Waals surface area contributed by atoms with E-state index in [1.54, 1.807) is 0 Å². The van der Waals surface area contributed by atoms with Gasteiger partial charge in [0, 0.05) is 38.5 Å². The summed E-state index contributed by atoms with van der Waals surface area (Å²) in [4.78, 5) is 16.6. The molecular weight excluding hydrogens is 262 g/mol. The van der Waals surface area contributed by atoms with Crippen molar-refractivity contribution in [1.82, 2.24) is 9.80 Å². The van der Waals surface area contributed by atoms with Gasteiger partial charge in [-0.25, -0.2) is 8.78 Å². The molecule has 2 heterocycles. The number of hydrogen-bond donors (Lipinski definition) is 0. The minimum atomic E-state index is -2.43. The van der Waals surface area contributed by atoms with Gasteiger partial charge in [0.1, 0.15) is 0 Å². The van der Waals surface area contributed by atoms with E-state index >= 15 is 0 Å². The van der Waals surface area contributed by atoms with Crippen LogP contribution >= 0.6 is 0 Å². The number of β-lactam (4-membered cyclic amide) rings is 1. The van der Waals surface area contributed by atoms with E-state index < -0.39 is 5.92 Å². The largest absolute Gasteiger partial charge is 0.339 e. The van der Waals surface area contributed by atoms with Gasteiger partial charge in [-0.15, -0.1) is 0 Å². The Hall–Kier alpha value is -0.710. The molecule has 2 aliphatic heterocycles. The first kappa shape index (κ1) is 14.2. The van der Waals surface area contributed by atoms with Gasteiger partial charge in [0.15, 0.2) is 0 Å². The molecule has 3 fully saturated rings. The molecular formula is C15H24F2N2O. The maximum atomic E-state index is 12.9. The number of carbonyl (C=O) groups excluding carboxylic acids is 1. The minimum absolute atomic E-state index is 0.0303. The van der Waals surface area contributed by atoms with Gasteiger partial charge in [-0.1, -0.05) is 0 Å². The van der Waals surface area contributed by atoms with Crippen LogP contribution in [0.5, 0.6) is 0 Å². The quantitative estimate of drug-likeness (QED) is 0.744. The molecule has 5 heteroatoms. The van der Waals surface area contributed by atoms with Crippen molar-refractivity contribution in [2.75, 3.05) is 26.2 Å². The highest BCUT2D eigenvalue weighted by molar-refractivity contribution is 5.89. The van der Waals surface area contributed by atoms with Crippen LogP contribution in [-0.2, 0) is 4.79 Å². The van der Waals surface area contributed by atoms with Crippen molar-refractivity contribution in [2.24, 2.45) is 11.3 Å². The lowest BCUT2D eigenvalue weighted by Crippen LogP contribution is -2.68. The zero-order chi connectivity index (χ0) is 14.5. The second-order valence-electron chi connectivity index (χ2n) is 7.28. The summed E-state index contributed by atoms with van der Waals surface area (Å²) in [6, 6.07) is 0.272. The van der Waals surface area contributed by atoms with Crippen LogP contribution < -0.4 is 0 Å². The van der Waals surface area contributed by atoms with Crippen LogP contribution in [-0.4, -0.2) is 53.9 Å². The average molecular weight is 286 g/mol. The minimum Gasteiger partial charge on any atom is -0.339 e. The molecule has 0 aromatic heterocycles. The van der Waals surface area contributed by atoms with E-state index in [2.05, 4.69) is 4.90 Å². The monoisotopic (exact) mass is 286 g/mol. The van der Waals surface area contributed by atoms with E-state index in [1.807, 2.05) is 18.7 Å². The van der Waals surface area contributed by atoms with Gasteiger partial charge in [-0.05, 0) is 39.2 Å². The van der Waals surface area contributed by atoms with E-state index in [0.717, 1.165) is 39.0 Å². The Balaban J connectivity index is 1.54. The van der Waals surface area contributed by atoms with E-state index in [0.29, 0.717) is 0 Å². The van der Waals surface area contributed by atoms with Crippen molar-refractivity contribution >= 4 is 5.91 Å². The first-order chi connectivity index (χ1) is 9.31. The third-order valence-electron chi connectivity index (χ3n) is 5.16. The second-order valence-corrected chi connectivity index (χ2v) is 7.28. The zero-order valence-electron chi connectivity index (χ0n) is 12.4. The fourth-order valence-electron chi connectivity index (χ4n) is 4.06. The molecule has 0 aromatic rings. The summed E-state index contributed by atoms with van der Waals surface area (Å²) in [6.07, 6.45) is 2.04. The molecule has 3 aliphatic rings. The number of amides is 1. The zero-order valence-corrected chi connectivity index (χ0v) is 12.4. The molecule has 2 saturated heterocycles. The number of halogens is 2. The van der Waals surface area contributed by atoms with Gasteiger partial charge >= 0.3 is 0 Å². The number of likely N-dealkylation sites (tertiary alicyclic amines) is 2. The Morgan fingerprint density at radius 1 is 1.30 bits per heavy atom. The smallest absolute Gasteiger partial charge is 0.248 e. The van der Waals surface area contributed by atoms with E-state index in [-0.39, 0.29) is 36.1 Å². The maximum Gasteiger partial charge on any atom is 0.248 e. The Labute approximate surface area is 119 Å².